The summed E-state index contributed by atoms with van der Waals surface area (Å²) >= 11 is 0. The van der Waals surface area contributed by atoms with Crippen molar-refractivity contribution < 1.29 is 14.3 Å². The largest absolute Gasteiger partial charge is 0.482 e. The number of benzene rings is 1. The summed E-state index contributed by atoms with van der Waals surface area (Å²) < 4.78 is 10.6. The van der Waals surface area contributed by atoms with Crippen molar-refractivity contribution in [2.75, 3.05) is 18.5 Å². The molecular formula is C11H11NO3. The van der Waals surface area contributed by atoms with Gasteiger partial charge in [-0.1, -0.05) is 6.07 Å². The molecule has 2 aliphatic heterocycles. The van der Waals surface area contributed by atoms with E-state index >= 15 is 0 Å². The molecule has 0 saturated carbocycles. The molecule has 3 rings (SSSR count). The second-order valence-electron chi connectivity index (χ2n) is 4.07. The molecule has 15 heavy (non-hydrogen) atoms. The molecule has 78 valence electrons. The second kappa shape index (κ2) is 2.73. The van der Waals surface area contributed by atoms with E-state index in [4.69, 9.17) is 9.47 Å². The number of nitrogens with one attached hydrogen (secondary N) is 1. The molecule has 0 spiro atoms. The van der Waals surface area contributed by atoms with Crippen LogP contribution < -0.4 is 10.1 Å². The van der Waals surface area contributed by atoms with Crippen molar-refractivity contribution in [1.29, 1.82) is 0 Å². The van der Waals surface area contributed by atoms with Gasteiger partial charge in [0.1, 0.15) is 11.4 Å². The van der Waals surface area contributed by atoms with Gasteiger partial charge in [-0.15, -0.1) is 0 Å². The molecule has 1 aromatic carbocycles. The van der Waals surface area contributed by atoms with Gasteiger partial charge in [0, 0.05) is 0 Å². The lowest BCUT2D eigenvalue weighted by Crippen LogP contribution is -2.25. The standard InChI is InChI=1S/C11H11NO3/c1-11(6-15-11)7-2-3-9-8(4-7)12-10(13)5-14-9/h2-4H,5-6H2,1H3,(H,12,13). The third-order valence-corrected chi connectivity index (χ3v) is 2.80. The van der Waals surface area contributed by atoms with Crippen LogP contribution in [0.1, 0.15) is 12.5 Å². The smallest absolute Gasteiger partial charge is 0.262 e. The summed E-state index contributed by atoms with van der Waals surface area (Å²) in [5.74, 6) is 0.615. The molecule has 0 aromatic heterocycles. The number of anilines is 1. The van der Waals surface area contributed by atoms with Crippen LogP contribution in [0.25, 0.3) is 0 Å². The predicted octanol–water partition coefficient (Wildman–Crippen LogP) is 1.26. The van der Waals surface area contributed by atoms with Crippen LogP contribution in [0, 0.1) is 0 Å². The van der Waals surface area contributed by atoms with E-state index in [0.29, 0.717) is 0 Å². The first-order valence-electron chi connectivity index (χ1n) is 4.88. The highest BCUT2D eigenvalue weighted by atomic mass is 16.6. The zero-order valence-corrected chi connectivity index (χ0v) is 8.37. The number of ether oxygens (including phenoxy) is 2. The van der Waals surface area contributed by atoms with Crippen molar-refractivity contribution in [1.82, 2.24) is 0 Å². The Morgan fingerprint density at radius 1 is 1.47 bits per heavy atom. The quantitative estimate of drug-likeness (QED) is 0.702. The molecule has 0 bridgehead atoms. The SMILES string of the molecule is CC1(c2ccc3c(c2)NC(=O)CO3)CO1. The maximum absolute atomic E-state index is 11.1. The molecule has 4 nitrogen and oxygen atoms in total. The number of hydrogen-bond donors (Lipinski definition) is 1. The first-order chi connectivity index (χ1) is 7.17. The molecule has 1 unspecified atom stereocenters. The number of epoxide rings is 1. The lowest BCUT2D eigenvalue weighted by Gasteiger charge is -2.19. The van der Waals surface area contributed by atoms with Gasteiger partial charge in [-0.05, 0) is 24.6 Å². The third-order valence-electron chi connectivity index (χ3n) is 2.80. The molecule has 2 heterocycles. The van der Waals surface area contributed by atoms with Crippen LogP contribution in [-0.2, 0) is 15.1 Å². The number of fused-ring (bicyclic) bond motifs is 1. The summed E-state index contributed by atoms with van der Waals surface area (Å²) in [6, 6.07) is 5.76. The average Bonchev–Trinajstić information content (AvgIpc) is 2.97. The summed E-state index contributed by atoms with van der Waals surface area (Å²) in [6.45, 7) is 2.86. The minimum atomic E-state index is -0.169. The predicted molar refractivity (Wildman–Crippen MR) is 53.9 cm³/mol. The minimum Gasteiger partial charge on any atom is -0.482 e. The van der Waals surface area contributed by atoms with Gasteiger partial charge in [-0.3, -0.25) is 4.79 Å². The zero-order valence-electron chi connectivity index (χ0n) is 8.37. The highest BCUT2D eigenvalue weighted by molar-refractivity contribution is 5.95. The van der Waals surface area contributed by atoms with Gasteiger partial charge in [-0.25, -0.2) is 0 Å². The molecular weight excluding hydrogens is 194 g/mol. The van der Waals surface area contributed by atoms with E-state index in [0.717, 1.165) is 23.6 Å². The summed E-state index contributed by atoms with van der Waals surface area (Å²) in [5, 5.41) is 2.78. The minimum absolute atomic E-state index is 0.0973. The number of carbonyl (C=O) groups excluding carboxylic acids is 1. The summed E-state index contributed by atoms with van der Waals surface area (Å²) in [5.41, 5.74) is 1.64. The monoisotopic (exact) mass is 205 g/mol. The van der Waals surface area contributed by atoms with Gasteiger partial charge < -0.3 is 14.8 Å². The average molecular weight is 205 g/mol. The number of amides is 1. The van der Waals surface area contributed by atoms with Crippen LogP contribution in [0.4, 0.5) is 5.69 Å². The van der Waals surface area contributed by atoms with E-state index in [-0.39, 0.29) is 18.1 Å². The summed E-state index contributed by atoms with van der Waals surface area (Å²) in [6.07, 6.45) is 0. The van der Waals surface area contributed by atoms with Crippen LogP contribution in [0.2, 0.25) is 0 Å². The highest BCUT2D eigenvalue weighted by Gasteiger charge is 2.41. The Balaban J connectivity index is 2.01. The Hall–Kier alpha value is -1.55. The molecule has 2 aliphatic rings. The van der Waals surface area contributed by atoms with E-state index in [1.165, 1.54) is 0 Å². The summed E-state index contributed by atoms with van der Waals surface area (Å²) in [7, 11) is 0. The van der Waals surface area contributed by atoms with Gasteiger partial charge >= 0.3 is 0 Å². The molecule has 1 fully saturated rings. The van der Waals surface area contributed by atoms with Gasteiger partial charge in [-0.2, -0.15) is 0 Å². The van der Waals surface area contributed by atoms with Crippen LogP contribution >= 0.6 is 0 Å². The van der Waals surface area contributed by atoms with Gasteiger partial charge in [0.2, 0.25) is 0 Å². The molecule has 1 saturated heterocycles. The molecule has 1 amide bonds. The van der Waals surface area contributed by atoms with Gasteiger partial charge in [0.05, 0.1) is 12.3 Å². The Labute approximate surface area is 87.2 Å². The van der Waals surface area contributed by atoms with Crippen LogP contribution in [0.3, 0.4) is 0 Å². The van der Waals surface area contributed by atoms with E-state index < -0.39 is 0 Å². The molecule has 4 heteroatoms. The summed E-state index contributed by atoms with van der Waals surface area (Å²) in [4.78, 5) is 11.1. The fourth-order valence-electron chi connectivity index (χ4n) is 1.69. The molecule has 1 N–H and O–H groups in total. The first kappa shape index (κ1) is 8.73. The van der Waals surface area contributed by atoms with Crippen molar-refractivity contribution in [3.8, 4) is 5.75 Å². The molecule has 1 aromatic rings. The lowest BCUT2D eigenvalue weighted by atomic mass is 10.0. The van der Waals surface area contributed by atoms with Crippen molar-refractivity contribution in [2.24, 2.45) is 0 Å². The van der Waals surface area contributed by atoms with Crippen molar-refractivity contribution in [2.45, 2.75) is 12.5 Å². The Bertz CT molecular complexity index is 437. The van der Waals surface area contributed by atoms with Crippen molar-refractivity contribution in [3.63, 3.8) is 0 Å². The van der Waals surface area contributed by atoms with E-state index in [1.807, 2.05) is 25.1 Å². The lowest BCUT2D eigenvalue weighted by molar-refractivity contribution is -0.118. The first-order valence-corrected chi connectivity index (χ1v) is 4.88. The maximum Gasteiger partial charge on any atom is 0.262 e. The fraction of sp³-hybridized carbons (Fsp3) is 0.364. The topological polar surface area (TPSA) is 50.9 Å². The highest BCUT2D eigenvalue weighted by Crippen LogP contribution is 2.41. The van der Waals surface area contributed by atoms with Crippen LogP contribution in [0.15, 0.2) is 18.2 Å². The Kier molecular flexibility index (Phi) is 1.59. The molecule has 0 radical (unpaired) electrons. The Morgan fingerprint density at radius 3 is 3.00 bits per heavy atom. The maximum atomic E-state index is 11.1. The van der Waals surface area contributed by atoms with E-state index in [1.54, 1.807) is 0 Å². The molecule has 0 aliphatic carbocycles. The number of carbonyl (C=O) groups is 1. The molecule has 1 atom stereocenters. The zero-order chi connectivity index (χ0) is 10.5. The normalized spacial score (nSPS) is 27.7. The van der Waals surface area contributed by atoms with Crippen LogP contribution in [0.5, 0.6) is 5.75 Å². The number of hydrogen-bond acceptors (Lipinski definition) is 3. The van der Waals surface area contributed by atoms with Crippen LogP contribution in [-0.4, -0.2) is 19.1 Å². The second-order valence-corrected chi connectivity index (χ2v) is 4.07. The number of rotatable bonds is 1. The fourth-order valence-corrected chi connectivity index (χ4v) is 1.69. The van der Waals surface area contributed by atoms with Crippen molar-refractivity contribution >= 4 is 11.6 Å². The van der Waals surface area contributed by atoms with Gasteiger partial charge in [0.25, 0.3) is 5.91 Å². The van der Waals surface area contributed by atoms with E-state index in [2.05, 4.69) is 5.32 Å². The Morgan fingerprint density at radius 2 is 2.27 bits per heavy atom. The van der Waals surface area contributed by atoms with E-state index in [9.17, 15) is 4.79 Å². The van der Waals surface area contributed by atoms with Crippen molar-refractivity contribution in [3.05, 3.63) is 23.8 Å². The van der Waals surface area contributed by atoms with Gasteiger partial charge in [0.15, 0.2) is 6.61 Å². The third kappa shape index (κ3) is 1.37.